The lowest BCUT2D eigenvalue weighted by molar-refractivity contribution is 0.103. The van der Waals surface area contributed by atoms with E-state index >= 15 is 0 Å². The highest BCUT2D eigenvalue weighted by Gasteiger charge is 2.10. The number of hydrogen-bond donors (Lipinski definition) is 0. The first-order valence-electron chi connectivity index (χ1n) is 5.59. The van der Waals surface area contributed by atoms with Gasteiger partial charge >= 0.3 is 0 Å². The number of carbonyl (C=O) groups excluding carboxylic acids is 1. The van der Waals surface area contributed by atoms with Crippen molar-refractivity contribution in [3.63, 3.8) is 0 Å². The zero-order chi connectivity index (χ0) is 13.0. The Morgan fingerprint density at radius 1 is 0.833 bits per heavy atom. The lowest BCUT2D eigenvalue weighted by Crippen LogP contribution is -2.02. The van der Waals surface area contributed by atoms with Gasteiger partial charge in [-0.3, -0.25) is 4.79 Å². The standard InChI is InChI=1S/C15H12Br2O/c16-9-11-6-12(10-17)8-14(7-11)15(18)13-4-2-1-3-5-13/h1-8H,9-10H2. The molecule has 0 heterocycles. The molecule has 2 aromatic rings. The summed E-state index contributed by atoms with van der Waals surface area (Å²) in [7, 11) is 0. The van der Waals surface area contributed by atoms with Gasteiger partial charge in [0, 0.05) is 21.8 Å². The van der Waals surface area contributed by atoms with Crippen molar-refractivity contribution in [1.29, 1.82) is 0 Å². The number of ketones is 1. The summed E-state index contributed by atoms with van der Waals surface area (Å²) in [6, 6.07) is 15.3. The van der Waals surface area contributed by atoms with Crippen LogP contribution in [0, 0.1) is 0 Å². The maximum Gasteiger partial charge on any atom is 0.193 e. The van der Waals surface area contributed by atoms with Crippen molar-refractivity contribution in [3.8, 4) is 0 Å². The van der Waals surface area contributed by atoms with E-state index in [0.29, 0.717) is 0 Å². The first-order chi connectivity index (χ1) is 8.74. The summed E-state index contributed by atoms with van der Waals surface area (Å²) in [6.45, 7) is 0. The molecule has 92 valence electrons. The Morgan fingerprint density at radius 2 is 1.39 bits per heavy atom. The van der Waals surface area contributed by atoms with Crippen LogP contribution in [0.1, 0.15) is 27.0 Å². The molecule has 1 nitrogen and oxygen atoms in total. The van der Waals surface area contributed by atoms with Gasteiger partial charge in [0.1, 0.15) is 0 Å². The van der Waals surface area contributed by atoms with Crippen LogP contribution in [0.25, 0.3) is 0 Å². The number of alkyl halides is 2. The molecule has 0 spiro atoms. The molecule has 0 saturated heterocycles. The summed E-state index contributed by atoms with van der Waals surface area (Å²) in [5.41, 5.74) is 3.70. The van der Waals surface area contributed by atoms with Crippen molar-refractivity contribution in [2.24, 2.45) is 0 Å². The number of benzene rings is 2. The molecule has 0 atom stereocenters. The van der Waals surface area contributed by atoms with E-state index in [9.17, 15) is 4.79 Å². The van der Waals surface area contributed by atoms with Crippen LogP contribution in [-0.2, 0) is 10.7 Å². The zero-order valence-corrected chi connectivity index (χ0v) is 12.9. The largest absolute Gasteiger partial charge is 0.289 e. The molecule has 0 fully saturated rings. The lowest BCUT2D eigenvalue weighted by Gasteiger charge is -2.06. The number of carbonyl (C=O) groups is 1. The molecule has 0 aliphatic carbocycles. The third-order valence-electron chi connectivity index (χ3n) is 2.66. The van der Waals surface area contributed by atoms with Crippen LogP contribution in [0.4, 0.5) is 0 Å². The van der Waals surface area contributed by atoms with E-state index in [1.807, 2.05) is 42.5 Å². The van der Waals surface area contributed by atoms with Gasteiger partial charge in [0.25, 0.3) is 0 Å². The number of halogens is 2. The highest BCUT2D eigenvalue weighted by Crippen LogP contribution is 2.18. The van der Waals surface area contributed by atoms with E-state index in [2.05, 4.69) is 37.9 Å². The monoisotopic (exact) mass is 366 g/mol. The predicted molar refractivity (Wildman–Crippen MR) is 81.6 cm³/mol. The molecule has 0 N–H and O–H groups in total. The highest BCUT2D eigenvalue weighted by molar-refractivity contribution is 9.08. The molecule has 0 radical (unpaired) electrons. The van der Waals surface area contributed by atoms with E-state index in [-0.39, 0.29) is 5.78 Å². The third-order valence-corrected chi connectivity index (χ3v) is 3.95. The molecule has 0 bridgehead atoms. The second-order valence-corrected chi connectivity index (χ2v) is 5.12. The summed E-state index contributed by atoms with van der Waals surface area (Å²) in [4.78, 5) is 12.4. The molecule has 3 heteroatoms. The van der Waals surface area contributed by atoms with Crippen LogP contribution < -0.4 is 0 Å². The first kappa shape index (κ1) is 13.5. The lowest BCUT2D eigenvalue weighted by atomic mass is 9.99. The zero-order valence-electron chi connectivity index (χ0n) is 9.70. The molecule has 0 amide bonds. The summed E-state index contributed by atoms with van der Waals surface area (Å²) >= 11 is 6.87. The van der Waals surface area contributed by atoms with Crippen molar-refractivity contribution in [2.75, 3.05) is 0 Å². The van der Waals surface area contributed by atoms with Crippen molar-refractivity contribution in [3.05, 3.63) is 70.8 Å². The van der Waals surface area contributed by atoms with Crippen molar-refractivity contribution < 1.29 is 4.79 Å². The van der Waals surface area contributed by atoms with E-state index in [1.54, 1.807) is 0 Å². The quantitative estimate of drug-likeness (QED) is 0.565. The summed E-state index contributed by atoms with van der Waals surface area (Å²) in [6.07, 6.45) is 0. The maximum absolute atomic E-state index is 12.4. The number of hydrogen-bond acceptors (Lipinski definition) is 1. The van der Waals surface area contributed by atoms with Crippen LogP contribution in [0.2, 0.25) is 0 Å². The van der Waals surface area contributed by atoms with E-state index in [0.717, 1.165) is 32.9 Å². The maximum atomic E-state index is 12.4. The summed E-state index contributed by atoms with van der Waals surface area (Å²) < 4.78 is 0. The smallest absolute Gasteiger partial charge is 0.193 e. The molecule has 0 aliphatic heterocycles. The first-order valence-corrected chi connectivity index (χ1v) is 7.83. The van der Waals surface area contributed by atoms with E-state index in [1.165, 1.54) is 0 Å². The Hall–Kier alpha value is -0.930. The molecule has 0 saturated carbocycles. The fraction of sp³-hybridized carbons (Fsp3) is 0.133. The molecule has 2 aromatic carbocycles. The molecule has 0 aromatic heterocycles. The predicted octanol–water partition coefficient (Wildman–Crippen LogP) is 4.71. The van der Waals surface area contributed by atoms with Gasteiger partial charge in [0.05, 0.1) is 0 Å². The van der Waals surface area contributed by atoms with Crippen molar-refractivity contribution >= 4 is 37.6 Å². The van der Waals surface area contributed by atoms with Crippen LogP contribution in [0.15, 0.2) is 48.5 Å². The van der Waals surface area contributed by atoms with Gasteiger partial charge in [-0.2, -0.15) is 0 Å². The molecule has 18 heavy (non-hydrogen) atoms. The third kappa shape index (κ3) is 3.09. The fourth-order valence-corrected chi connectivity index (χ4v) is 2.45. The minimum Gasteiger partial charge on any atom is -0.289 e. The second kappa shape index (κ2) is 6.30. The minimum atomic E-state index is 0.0700. The second-order valence-electron chi connectivity index (χ2n) is 4.00. The normalized spacial score (nSPS) is 10.3. The Labute approximate surface area is 123 Å². The Bertz CT molecular complexity index is 527. The van der Waals surface area contributed by atoms with Gasteiger partial charge in [-0.15, -0.1) is 0 Å². The molecule has 0 aliphatic rings. The Morgan fingerprint density at radius 3 is 1.89 bits per heavy atom. The highest BCUT2D eigenvalue weighted by atomic mass is 79.9. The molecule has 2 rings (SSSR count). The topological polar surface area (TPSA) is 17.1 Å². The van der Waals surface area contributed by atoms with Gasteiger partial charge in [-0.05, 0) is 23.3 Å². The summed E-state index contributed by atoms with van der Waals surface area (Å²) in [5.74, 6) is 0.0700. The Balaban J connectivity index is 2.41. The van der Waals surface area contributed by atoms with Gasteiger partial charge < -0.3 is 0 Å². The van der Waals surface area contributed by atoms with Crippen LogP contribution in [0.3, 0.4) is 0 Å². The van der Waals surface area contributed by atoms with Gasteiger partial charge in [0.15, 0.2) is 5.78 Å². The van der Waals surface area contributed by atoms with Crippen LogP contribution >= 0.6 is 31.9 Å². The average molecular weight is 368 g/mol. The van der Waals surface area contributed by atoms with Gasteiger partial charge in [-0.1, -0.05) is 68.3 Å². The van der Waals surface area contributed by atoms with Gasteiger partial charge in [0.2, 0.25) is 0 Å². The Kier molecular flexibility index (Phi) is 4.72. The molecular weight excluding hydrogens is 356 g/mol. The SMILES string of the molecule is O=C(c1ccccc1)c1cc(CBr)cc(CBr)c1. The average Bonchev–Trinajstić information content (AvgIpc) is 2.46. The molecular formula is C15H12Br2O. The van der Waals surface area contributed by atoms with E-state index in [4.69, 9.17) is 0 Å². The summed E-state index contributed by atoms with van der Waals surface area (Å²) in [5, 5.41) is 1.51. The minimum absolute atomic E-state index is 0.0700. The van der Waals surface area contributed by atoms with Crippen LogP contribution in [-0.4, -0.2) is 5.78 Å². The van der Waals surface area contributed by atoms with Crippen molar-refractivity contribution in [2.45, 2.75) is 10.7 Å². The van der Waals surface area contributed by atoms with Gasteiger partial charge in [-0.25, -0.2) is 0 Å². The van der Waals surface area contributed by atoms with E-state index < -0.39 is 0 Å². The molecule has 0 unspecified atom stereocenters. The fourth-order valence-electron chi connectivity index (χ4n) is 1.80. The number of rotatable bonds is 4. The van der Waals surface area contributed by atoms with Crippen molar-refractivity contribution in [1.82, 2.24) is 0 Å². The van der Waals surface area contributed by atoms with Crippen LogP contribution in [0.5, 0.6) is 0 Å².